The first-order chi connectivity index (χ1) is 9.31. The molecule has 19 heavy (non-hydrogen) atoms. The van der Waals surface area contributed by atoms with E-state index in [1.54, 1.807) is 7.11 Å². The average Bonchev–Trinajstić information content (AvgIpc) is 2.44. The van der Waals surface area contributed by atoms with Crippen molar-refractivity contribution < 1.29 is 14.2 Å². The van der Waals surface area contributed by atoms with Gasteiger partial charge in [0.1, 0.15) is 6.61 Å². The third-order valence-electron chi connectivity index (χ3n) is 2.61. The molecule has 0 spiro atoms. The quantitative estimate of drug-likeness (QED) is 0.707. The molecule has 1 rings (SSSR count). The number of likely N-dealkylation sites (N-methyl/N-ethyl adjacent to an activating group) is 1. The monoisotopic (exact) mass is 267 g/mol. The minimum atomic E-state index is 0.189. The van der Waals surface area contributed by atoms with Gasteiger partial charge in [0.15, 0.2) is 11.5 Å². The van der Waals surface area contributed by atoms with Gasteiger partial charge < -0.3 is 19.5 Å². The van der Waals surface area contributed by atoms with Gasteiger partial charge in [-0.05, 0) is 25.1 Å². The molecule has 0 aliphatic rings. The normalized spacial score (nSPS) is 12.2. The van der Waals surface area contributed by atoms with E-state index < -0.39 is 0 Å². The fourth-order valence-electron chi connectivity index (χ4n) is 1.75. The van der Waals surface area contributed by atoms with Crippen LogP contribution >= 0.6 is 0 Å². The van der Waals surface area contributed by atoms with Gasteiger partial charge in [-0.3, -0.25) is 0 Å². The van der Waals surface area contributed by atoms with Gasteiger partial charge in [0.2, 0.25) is 0 Å². The average molecular weight is 267 g/mol. The van der Waals surface area contributed by atoms with Crippen molar-refractivity contribution in [3.8, 4) is 11.5 Å². The van der Waals surface area contributed by atoms with Crippen molar-refractivity contribution in [2.24, 2.45) is 0 Å². The molecule has 0 radical (unpaired) electrons. The zero-order chi connectivity index (χ0) is 13.9. The first kappa shape index (κ1) is 15.8. The molecule has 1 atom stereocenters. The van der Waals surface area contributed by atoms with E-state index in [-0.39, 0.29) is 6.04 Å². The number of benzene rings is 1. The van der Waals surface area contributed by atoms with Gasteiger partial charge in [-0.2, -0.15) is 0 Å². The summed E-state index contributed by atoms with van der Waals surface area (Å²) in [5.41, 5.74) is 0. The van der Waals surface area contributed by atoms with Crippen LogP contribution in [0, 0.1) is 0 Å². The van der Waals surface area contributed by atoms with Crippen molar-refractivity contribution in [2.75, 3.05) is 33.5 Å². The topological polar surface area (TPSA) is 39.7 Å². The van der Waals surface area contributed by atoms with Crippen molar-refractivity contribution in [1.82, 2.24) is 5.32 Å². The van der Waals surface area contributed by atoms with Crippen molar-refractivity contribution in [1.29, 1.82) is 0 Å². The summed E-state index contributed by atoms with van der Waals surface area (Å²) in [5, 5.41) is 3.33. The van der Waals surface area contributed by atoms with Crippen LogP contribution < -0.4 is 14.8 Å². The highest BCUT2D eigenvalue weighted by atomic mass is 16.5. The minimum absolute atomic E-state index is 0.189. The molecule has 4 nitrogen and oxygen atoms in total. The molecule has 0 saturated heterocycles. The summed E-state index contributed by atoms with van der Waals surface area (Å²) in [7, 11) is 1.70. The van der Waals surface area contributed by atoms with E-state index in [9.17, 15) is 0 Å². The fourth-order valence-corrected chi connectivity index (χ4v) is 1.75. The van der Waals surface area contributed by atoms with Crippen LogP contribution in [-0.2, 0) is 4.74 Å². The van der Waals surface area contributed by atoms with Crippen LogP contribution in [-0.4, -0.2) is 39.5 Å². The summed E-state index contributed by atoms with van der Waals surface area (Å²) >= 11 is 0. The van der Waals surface area contributed by atoms with Crippen LogP contribution in [0.15, 0.2) is 24.3 Å². The van der Waals surface area contributed by atoms with Gasteiger partial charge in [-0.1, -0.05) is 26.0 Å². The Hall–Kier alpha value is -1.26. The van der Waals surface area contributed by atoms with Gasteiger partial charge in [0.05, 0.1) is 19.3 Å². The highest BCUT2D eigenvalue weighted by Gasteiger charge is 2.10. The maximum absolute atomic E-state index is 5.83. The highest BCUT2D eigenvalue weighted by Crippen LogP contribution is 2.26. The van der Waals surface area contributed by atoms with E-state index in [2.05, 4.69) is 19.2 Å². The molecular formula is C15H25NO3. The summed E-state index contributed by atoms with van der Waals surface area (Å²) < 4.78 is 16.7. The Morgan fingerprint density at radius 1 is 1.05 bits per heavy atom. The van der Waals surface area contributed by atoms with E-state index in [1.165, 1.54) is 0 Å². The summed E-state index contributed by atoms with van der Waals surface area (Å²) in [4.78, 5) is 0. The Labute approximate surface area is 116 Å². The molecule has 0 saturated carbocycles. The molecular weight excluding hydrogens is 242 g/mol. The molecule has 0 amide bonds. The molecule has 1 N–H and O–H groups in total. The second kappa shape index (κ2) is 9.64. The molecule has 1 aromatic rings. The Balaban J connectivity index is 2.54. The maximum atomic E-state index is 5.83. The summed E-state index contributed by atoms with van der Waals surface area (Å²) in [6, 6.07) is 7.96. The number of nitrogens with one attached hydrogen (secondary N) is 1. The van der Waals surface area contributed by atoms with Crippen LogP contribution in [0.5, 0.6) is 11.5 Å². The van der Waals surface area contributed by atoms with Crippen LogP contribution in [0.1, 0.15) is 20.3 Å². The molecule has 4 heteroatoms. The lowest BCUT2D eigenvalue weighted by Crippen LogP contribution is -2.38. The molecule has 0 heterocycles. The minimum Gasteiger partial charge on any atom is -0.490 e. The van der Waals surface area contributed by atoms with Crippen molar-refractivity contribution >= 4 is 0 Å². The predicted octanol–water partition coefficient (Wildman–Crippen LogP) is 2.48. The first-order valence-electron chi connectivity index (χ1n) is 6.88. The molecule has 0 aliphatic carbocycles. The van der Waals surface area contributed by atoms with Crippen molar-refractivity contribution in [3.63, 3.8) is 0 Å². The van der Waals surface area contributed by atoms with Gasteiger partial charge in [0, 0.05) is 7.11 Å². The van der Waals surface area contributed by atoms with Crippen LogP contribution in [0.3, 0.4) is 0 Å². The zero-order valence-corrected chi connectivity index (χ0v) is 12.1. The standard InChI is InChI=1S/C15H25NO3/c1-4-10-18-14-8-6-7-9-15(14)19-12-13(11-17-3)16-5-2/h6-9,13,16H,4-5,10-12H2,1-3H3. The Morgan fingerprint density at radius 3 is 2.32 bits per heavy atom. The second-order valence-corrected chi connectivity index (χ2v) is 4.32. The molecule has 0 aliphatic heterocycles. The van der Waals surface area contributed by atoms with Gasteiger partial charge in [-0.15, -0.1) is 0 Å². The lowest BCUT2D eigenvalue weighted by molar-refractivity contribution is 0.135. The molecule has 108 valence electrons. The molecule has 1 aromatic carbocycles. The van der Waals surface area contributed by atoms with E-state index in [4.69, 9.17) is 14.2 Å². The Kier molecular flexibility index (Phi) is 8.02. The van der Waals surface area contributed by atoms with Crippen LogP contribution in [0.25, 0.3) is 0 Å². The summed E-state index contributed by atoms with van der Waals surface area (Å²) in [5.74, 6) is 1.59. The maximum Gasteiger partial charge on any atom is 0.161 e. The van der Waals surface area contributed by atoms with Crippen molar-refractivity contribution in [2.45, 2.75) is 26.3 Å². The van der Waals surface area contributed by atoms with E-state index >= 15 is 0 Å². The zero-order valence-electron chi connectivity index (χ0n) is 12.1. The van der Waals surface area contributed by atoms with Crippen molar-refractivity contribution in [3.05, 3.63) is 24.3 Å². The first-order valence-corrected chi connectivity index (χ1v) is 6.88. The predicted molar refractivity (Wildman–Crippen MR) is 77.1 cm³/mol. The highest BCUT2D eigenvalue weighted by molar-refractivity contribution is 5.39. The molecule has 0 fully saturated rings. The molecule has 0 aromatic heterocycles. The van der Waals surface area contributed by atoms with Gasteiger partial charge >= 0.3 is 0 Å². The SMILES string of the molecule is CCCOc1ccccc1OCC(COC)NCC. The van der Waals surface area contributed by atoms with Crippen LogP contribution in [0.2, 0.25) is 0 Å². The number of rotatable bonds is 10. The van der Waals surface area contributed by atoms with E-state index in [1.807, 2.05) is 24.3 Å². The Bertz CT molecular complexity index is 338. The second-order valence-electron chi connectivity index (χ2n) is 4.32. The molecule has 1 unspecified atom stereocenters. The lowest BCUT2D eigenvalue weighted by Gasteiger charge is -2.19. The third-order valence-corrected chi connectivity index (χ3v) is 2.61. The molecule has 0 bridgehead atoms. The van der Waals surface area contributed by atoms with E-state index in [0.29, 0.717) is 19.8 Å². The number of para-hydroxylation sites is 2. The third kappa shape index (κ3) is 5.94. The van der Waals surface area contributed by atoms with Gasteiger partial charge in [0.25, 0.3) is 0 Å². The Morgan fingerprint density at radius 2 is 1.74 bits per heavy atom. The number of methoxy groups -OCH3 is 1. The fraction of sp³-hybridized carbons (Fsp3) is 0.600. The lowest BCUT2D eigenvalue weighted by atomic mass is 10.3. The van der Waals surface area contributed by atoms with E-state index in [0.717, 1.165) is 24.5 Å². The number of ether oxygens (including phenoxy) is 3. The number of hydrogen-bond acceptors (Lipinski definition) is 4. The summed E-state index contributed by atoms with van der Waals surface area (Å²) in [6.45, 7) is 6.95. The smallest absolute Gasteiger partial charge is 0.161 e. The largest absolute Gasteiger partial charge is 0.490 e. The van der Waals surface area contributed by atoms with Gasteiger partial charge in [-0.25, -0.2) is 0 Å². The van der Waals surface area contributed by atoms with Crippen LogP contribution in [0.4, 0.5) is 0 Å². The number of hydrogen-bond donors (Lipinski definition) is 1. The summed E-state index contributed by atoms with van der Waals surface area (Å²) in [6.07, 6.45) is 0.984.